The smallest absolute Gasteiger partial charge is 0.262 e. The zero-order valence-electron chi connectivity index (χ0n) is 22.6. The van der Waals surface area contributed by atoms with Gasteiger partial charge < -0.3 is 14.8 Å². The second kappa shape index (κ2) is 12.9. The van der Waals surface area contributed by atoms with E-state index >= 15 is 0 Å². The molecule has 3 N–H and O–H groups in total. The predicted octanol–water partition coefficient (Wildman–Crippen LogP) is 4.47. The fourth-order valence-corrected chi connectivity index (χ4v) is 5.89. The summed E-state index contributed by atoms with van der Waals surface area (Å²) in [5, 5.41) is 8.69. The van der Waals surface area contributed by atoms with Crippen molar-refractivity contribution in [3.8, 4) is 11.5 Å². The zero-order valence-corrected chi connectivity index (χ0v) is 25.0. The topological polar surface area (TPSA) is 143 Å². The van der Waals surface area contributed by atoms with Gasteiger partial charge in [-0.2, -0.15) is 0 Å². The van der Waals surface area contributed by atoms with Crippen molar-refractivity contribution in [3.63, 3.8) is 0 Å². The number of fused-ring (bicyclic) bond motifs is 1. The van der Waals surface area contributed by atoms with Gasteiger partial charge in [-0.15, -0.1) is 0 Å². The number of hydrogen-bond donors (Lipinski definition) is 2. The minimum atomic E-state index is -3.82. The van der Waals surface area contributed by atoms with Crippen LogP contribution in [0, 0.1) is 0 Å². The summed E-state index contributed by atoms with van der Waals surface area (Å²) < 4.78 is 35.5. The van der Waals surface area contributed by atoms with Gasteiger partial charge in [0, 0.05) is 23.3 Å². The number of halogens is 1. The Morgan fingerprint density at radius 1 is 1.10 bits per heavy atom. The maximum atomic E-state index is 13.8. The summed E-state index contributed by atoms with van der Waals surface area (Å²) in [6.07, 6.45) is 0.857. The number of nitrogens with zero attached hydrogens (tertiary/aromatic N) is 2. The normalized spacial score (nSPS) is 12.2. The highest BCUT2D eigenvalue weighted by molar-refractivity contribution is 8.00. The molecule has 10 nitrogen and oxygen atoms in total. The van der Waals surface area contributed by atoms with Gasteiger partial charge >= 0.3 is 0 Å². The van der Waals surface area contributed by atoms with Crippen LogP contribution in [0.5, 0.6) is 11.5 Å². The first kappa shape index (κ1) is 30.4. The molecule has 0 fully saturated rings. The van der Waals surface area contributed by atoms with Crippen LogP contribution in [-0.4, -0.2) is 43.3 Å². The number of carbonyl (C=O) groups excluding carboxylic acids is 1. The molecule has 0 bridgehead atoms. The minimum Gasteiger partial charge on any atom is -0.493 e. The van der Waals surface area contributed by atoms with Crippen molar-refractivity contribution in [2.24, 2.45) is 5.14 Å². The van der Waals surface area contributed by atoms with Crippen molar-refractivity contribution in [2.45, 2.75) is 41.6 Å². The number of primary sulfonamides is 1. The fraction of sp³-hybridized carbons (Fsp3) is 0.250. The Hall–Kier alpha value is -3.58. The first-order valence-corrected chi connectivity index (χ1v) is 15.4. The molecule has 0 aliphatic carbocycles. The molecule has 4 aromatic rings. The van der Waals surface area contributed by atoms with E-state index in [4.69, 9.17) is 31.2 Å². The predicted molar refractivity (Wildman–Crippen MR) is 161 cm³/mol. The van der Waals surface area contributed by atoms with Gasteiger partial charge in [0.1, 0.15) is 0 Å². The maximum Gasteiger partial charge on any atom is 0.262 e. The highest BCUT2D eigenvalue weighted by atomic mass is 35.5. The fourth-order valence-electron chi connectivity index (χ4n) is 4.14. The lowest BCUT2D eigenvalue weighted by Gasteiger charge is -2.19. The van der Waals surface area contributed by atoms with Crippen LogP contribution in [0.1, 0.15) is 18.9 Å². The second-order valence-corrected chi connectivity index (χ2v) is 12.2. The number of aryl methyl sites for hydroxylation is 1. The Balaban J connectivity index is 1.72. The summed E-state index contributed by atoms with van der Waals surface area (Å²) in [5.74, 6) is 0.546. The van der Waals surface area contributed by atoms with Crippen LogP contribution in [0.15, 0.2) is 75.5 Å². The molecule has 1 heterocycles. The van der Waals surface area contributed by atoms with E-state index in [2.05, 4.69) is 5.32 Å². The number of carbonyl (C=O) groups is 1. The molecule has 0 saturated heterocycles. The highest BCUT2D eigenvalue weighted by Gasteiger charge is 2.23. The monoisotopic (exact) mass is 616 g/mol. The van der Waals surface area contributed by atoms with E-state index in [0.29, 0.717) is 51.1 Å². The van der Waals surface area contributed by atoms with Crippen LogP contribution >= 0.6 is 23.4 Å². The maximum absolute atomic E-state index is 13.8. The standard InChI is InChI=1S/C28H29ClN4O6S2/c1-4-25(26(34)31-19-7-5-6-18(29)14-19)40-28-32-22-16-24(39-3)23(38-2)15-21(22)27(35)33(28)13-12-17-8-10-20(11-9-17)41(30,36)37/h5-11,14-16,25H,4,12-13H2,1-3H3,(H,31,34)(H2,30,36,37)/t25-/m1/s1. The number of hydrogen-bond acceptors (Lipinski definition) is 8. The molecular formula is C28H29ClN4O6S2. The van der Waals surface area contributed by atoms with Gasteiger partial charge in [-0.25, -0.2) is 18.5 Å². The molecule has 4 rings (SSSR count). The largest absolute Gasteiger partial charge is 0.493 e. The molecule has 1 atom stereocenters. The van der Waals surface area contributed by atoms with Crippen molar-refractivity contribution >= 4 is 55.9 Å². The first-order chi connectivity index (χ1) is 19.5. The summed E-state index contributed by atoms with van der Waals surface area (Å²) >= 11 is 7.25. The third kappa shape index (κ3) is 7.20. The number of sulfonamides is 1. The Morgan fingerprint density at radius 2 is 1.78 bits per heavy atom. The summed E-state index contributed by atoms with van der Waals surface area (Å²) in [4.78, 5) is 31.8. The number of aromatic nitrogens is 2. The number of nitrogens with one attached hydrogen (secondary N) is 1. The third-order valence-electron chi connectivity index (χ3n) is 6.30. The van der Waals surface area contributed by atoms with E-state index < -0.39 is 15.3 Å². The van der Waals surface area contributed by atoms with E-state index in [-0.39, 0.29) is 22.9 Å². The van der Waals surface area contributed by atoms with Gasteiger partial charge in [0.25, 0.3) is 5.56 Å². The van der Waals surface area contributed by atoms with Crippen molar-refractivity contribution < 1.29 is 22.7 Å². The molecule has 0 aliphatic heterocycles. The average Bonchev–Trinajstić information content (AvgIpc) is 2.94. The van der Waals surface area contributed by atoms with Gasteiger partial charge in [0.05, 0.1) is 35.3 Å². The van der Waals surface area contributed by atoms with Crippen molar-refractivity contribution in [1.82, 2.24) is 9.55 Å². The van der Waals surface area contributed by atoms with Crippen LogP contribution in [-0.2, 0) is 27.8 Å². The minimum absolute atomic E-state index is 0.000390. The van der Waals surface area contributed by atoms with E-state index in [1.54, 1.807) is 48.5 Å². The number of ether oxygens (including phenoxy) is 2. The molecule has 1 amide bonds. The number of nitrogens with two attached hydrogens (primary N) is 1. The Kier molecular flexibility index (Phi) is 9.59. The molecule has 0 unspecified atom stereocenters. The zero-order chi connectivity index (χ0) is 29.7. The Labute approximate surface area is 246 Å². The lowest BCUT2D eigenvalue weighted by molar-refractivity contribution is -0.115. The lowest BCUT2D eigenvalue weighted by Crippen LogP contribution is -2.28. The molecule has 216 valence electrons. The van der Waals surface area contributed by atoms with E-state index in [9.17, 15) is 18.0 Å². The molecule has 0 aliphatic rings. The molecule has 13 heteroatoms. The molecular weight excluding hydrogens is 588 g/mol. The van der Waals surface area contributed by atoms with Gasteiger partial charge in [0.15, 0.2) is 16.7 Å². The molecule has 41 heavy (non-hydrogen) atoms. The second-order valence-electron chi connectivity index (χ2n) is 9.03. The molecule has 0 saturated carbocycles. The first-order valence-electron chi connectivity index (χ1n) is 12.6. The lowest BCUT2D eigenvalue weighted by atomic mass is 10.1. The van der Waals surface area contributed by atoms with Gasteiger partial charge in [-0.3, -0.25) is 14.2 Å². The number of benzene rings is 3. The van der Waals surface area contributed by atoms with Crippen LogP contribution in [0.4, 0.5) is 5.69 Å². The number of rotatable bonds is 11. The van der Waals surface area contributed by atoms with Crippen LogP contribution in [0.3, 0.4) is 0 Å². The Morgan fingerprint density at radius 3 is 2.39 bits per heavy atom. The Bertz CT molecular complexity index is 1740. The van der Waals surface area contributed by atoms with Crippen LogP contribution in [0.2, 0.25) is 5.02 Å². The van der Waals surface area contributed by atoms with Gasteiger partial charge in [-0.1, -0.05) is 48.5 Å². The van der Waals surface area contributed by atoms with E-state index in [0.717, 1.165) is 5.56 Å². The van der Waals surface area contributed by atoms with E-state index in [1.807, 2.05) is 6.92 Å². The molecule has 0 radical (unpaired) electrons. The third-order valence-corrected chi connectivity index (χ3v) is 8.82. The molecule has 3 aromatic carbocycles. The number of amides is 1. The van der Waals surface area contributed by atoms with E-state index in [1.165, 1.54) is 42.7 Å². The van der Waals surface area contributed by atoms with Gasteiger partial charge in [0.2, 0.25) is 15.9 Å². The number of thioether (sulfide) groups is 1. The van der Waals surface area contributed by atoms with Crippen LogP contribution < -0.4 is 25.5 Å². The number of methoxy groups -OCH3 is 2. The van der Waals surface area contributed by atoms with Crippen molar-refractivity contribution in [1.29, 1.82) is 0 Å². The summed E-state index contributed by atoms with van der Waals surface area (Å²) in [6.45, 7) is 2.10. The van der Waals surface area contributed by atoms with Crippen molar-refractivity contribution in [3.05, 3.63) is 81.6 Å². The van der Waals surface area contributed by atoms with Crippen LogP contribution in [0.25, 0.3) is 10.9 Å². The van der Waals surface area contributed by atoms with Gasteiger partial charge in [-0.05, 0) is 54.8 Å². The molecule has 0 spiro atoms. The number of anilines is 1. The summed E-state index contributed by atoms with van der Waals surface area (Å²) in [6, 6.07) is 16.2. The quantitative estimate of drug-likeness (QED) is 0.186. The SMILES string of the molecule is CC[C@@H](Sc1nc2cc(OC)c(OC)cc2c(=O)n1CCc1ccc(S(N)(=O)=O)cc1)C(=O)Nc1cccc(Cl)c1. The highest BCUT2D eigenvalue weighted by Crippen LogP contribution is 2.32. The summed E-state index contributed by atoms with van der Waals surface area (Å²) in [5.41, 5.74) is 1.43. The molecule has 1 aromatic heterocycles. The van der Waals surface area contributed by atoms with Crippen molar-refractivity contribution in [2.75, 3.05) is 19.5 Å². The average molecular weight is 617 g/mol. The summed E-state index contributed by atoms with van der Waals surface area (Å²) in [7, 11) is -0.846.